The highest BCUT2D eigenvalue weighted by atomic mass is 32.1. The average Bonchev–Trinajstić information content (AvgIpc) is 2.96. The summed E-state index contributed by atoms with van der Waals surface area (Å²) in [6, 6.07) is 6.53. The van der Waals surface area contributed by atoms with Crippen LogP contribution in [-0.4, -0.2) is 34.1 Å². The van der Waals surface area contributed by atoms with Gasteiger partial charge in [0.05, 0.1) is 11.0 Å². The van der Waals surface area contributed by atoms with Crippen molar-refractivity contribution in [3.8, 4) is 0 Å². The summed E-state index contributed by atoms with van der Waals surface area (Å²) in [4.78, 5) is 5.75. The Hall–Kier alpha value is -1.13. The molecule has 1 aliphatic rings. The molecule has 1 N–H and O–H groups in total. The van der Waals surface area contributed by atoms with Crippen molar-refractivity contribution in [1.29, 1.82) is 0 Å². The van der Waals surface area contributed by atoms with E-state index >= 15 is 0 Å². The maximum absolute atomic E-state index is 5.56. The van der Waals surface area contributed by atoms with Crippen LogP contribution in [0, 0.1) is 11.7 Å². The van der Waals surface area contributed by atoms with Crippen LogP contribution in [0.4, 0.5) is 0 Å². The second-order valence-electron chi connectivity index (χ2n) is 6.36. The monoisotopic (exact) mass is 289 g/mol. The Bertz CT molecular complexity index is 675. The van der Waals surface area contributed by atoms with E-state index in [9.17, 15) is 0 Å². The summed E-state index contributed by atoms with van der Waals surface area (Å²) in [5.74, 6) is 0. The molecule has 1 saturated carbocycles. The van der Waals surface area contributed by atoms with Gasteiger partial charge in [0, 0.05) is 12.1 Å². The van der Waals surface area contributed by atoms with Crippen LogP contribution >= 0.6 is 12.2 Å². The highest BCUT2D eigenvalue weighted by Gasteiger charge is 2.36. The molecule has 3 nitrogen and oxygen atoms in total. The molecule has 20 heavy (non-hydrogen) atoms. The third-order valence-corrected chi connectivity index (χ3v) is 5.19. The molecule has 1 aromatic carbocycles. The van der Waals surface area contributed by atoms with Gasteiger partial charge in [0.2, 0.25) is 0 Å². The molecule has 0 spiro atoms. The number of aromatic amines is 1. The van der Waals surface area contributed by atoms with Crippen molar-refractivity contribution in [1.82, 2.24) is 14.5 Å². The maximum atomic E-state index is 5.56. The lowest BCUT2D eigenvalue weighted by molar-refractivity contribution is 0.135. The fraction of sp³-hybridized carbons (Fsp3) is 0.562. The number of rotatable bonds is 3. The molecule has 0 saturated heterocycles. The highest BCUT2D eigenvalue weighted by molar-refractivity contribution is 7.71. The van der Waals surface area contributed by atoms with Crippen LogP contribution in [0.5, 0.6) is 0 Å². The number of fused-ring (bicyclic) bond motifs is 1. The number of nitrogens with zero attached hydrogens (tertiary/aromatic N) is 2. The van der Waals surface area contributed by atoms with E-state index in [4.69, 9.17) is 12.2 Å². The average molecular weight is 289 g/mol. The van der Waals surface area contributed by atoms with Crippen LogP contribution in [0.1, 0.15) is 31.2 Å². The lowest BCUT2D eigenvalue weighted by Crippen LogP contribution is -2.45. The molecular weight excluding hydrogens is 266 g/mol. The standard InChI is InChI=1S/C16H23N3S/c1-12-6-7-14-13(10-12)17-15(20)19(14)11-16(18(2)3)8-4-5-9-16/h6-7,10H,4-5,8-9,11H2,1-3H3,(H,17,20). The lowest BCUT2D eigenvalue weighted by atomic mass is 9.96. The van der Waals surface area contributed by atoms with Gasteiger partial charge in [0.15, 0.2) is 4.77 Å². The van der Waals surface area contributed by atoms with E-state index in [0.717, 1.165) is 16.8 Å². The molecule has 0 amide bonds. The second-order valence-corrected chi connectivity index (χ2v) is 6.75. The van der Waals surface area contributed by atoms with Gasteiger partial charge in [0.25, 0.3) is 0 Å². The van der Waals surface area contributed by atoms with E-state index in [0.29, 0.717) is 0 Å². The topological polar surface area (TPSA) is 24.0 Å². The van der Waals surface area contributed by atoms with E-state index < -0.39 is 0 Å². The first-order valence-corrected chi connectivity index (χ1v) is 7.79. The van der Waals surface area contributed by atoms with Crippen LogP contribution in [0.2, 0.25) is 0 Å². The minimum Gasteiger partial charge on any atom is -0.331 e. The number of likely N-dealkylation sites (N-methyl/N-ethyl adjacent to an activating group) is 1. The lowest BCUT2D eigenvalue weighted by Gasteiger charge is -2.36. The Labute approximate surface area is 125 Å². The smallest absolute Gasteiger partial charge is 0.178 e. The van der Waals surface area contributed by atoms with E-state index in [1.807, 2.05) is 0 Å². The molecule has 3 rings (SSSR count). The van der Waals surface area contributed by atoms with Crippen molar-refractivity contribution in [2.24, 2.45) is 0 Å². The van der Waals surface area contributed by atoms with Crippen LogP contribution in [0.25, 0.3) is 11.0 Å². The Morgan fingerprint density at radius 2 is 2.00 bits per heavy atom. The molecule has 0 radical (unpaired) electrons. The Kier molecular flexibility index (Phi) is 3.46. The third kappa shape index (κ3) is 2.21. The van der Waals surface area contributed by atoms with Gasteiger partial charge in [-0.1, -0.05) is 18.9 Å². The van der Waals surface area contributed by atoms with Crippen molar-refractivity contribution >= 4 is 23.3 Å². The number of aryl methyl sites for hydroxylation is 1. The first kappa shape index (κ1) is 13.8. The van der Waals surface area contributed by atoms with E-state index in [1.165, 1.54) is 36.8 Å². The van der Waals surface area contributed by atoms with Crippen LogP contribution in [0.3, 0.4) is 0 Å². The summed E-state index contributed by atoms with van der Waals surface area (Å²) in [6.07, 6.45) is 5.18. The van der Waals surface area contributed by atoms with Crippen molar-refractivity contribution in [2.45, 2.75) is 44.7 Å². The van der Waals surface area contributed by atoms with Crippen molar-refractivity contribution in [3.05, 3.63) is 28.5 Å². The predicted octanol–water partition coefficient (Wildman–Crippen LogP) is 3.88. The number of H-pyrrole nitrogens is 1. The number of nitrogens with one attached hydrogen (secondary N) is 1. The van der Waals surface area contributed by atoms with Gasteiger partial charge in [-0.05, 0) is 63.8 Å². The number of hydrogen-bond donors (Lipinski definition) is 1. The van der Waals surface area contributed by atoms with Gasteiger partial charge < -0.3 is 14.5 Å². The molecular formula is C16H23N3S. The predicted molar refractivity (Wildman–Crippen MR) is 86.7 cm³/mol. The zero-order valence-electron chi connectivity index (χ0n) is 12.6. The molecule has 0 bridgehead atoms. The van der Waals surface area contributed by atoms with Gasteiger partial charge in [-0.3, -0.25) is 0 Å². The molecule has 1 fully saturated rings. The minimum absolute atomic E-state index is 0.262. The summed E-state index contributed by atoms with van der Waals surface area (Å²) in [5, 5.41) is 0. The van der Waals surface area contributed by atoms with E-state index in [-0.39, 0.29) is 5.54 Å². The summed E-state index contributed by atoms with van der Waals surface area (Å²) >= 11 is 5.56. The Morgan fingerprint density at radius 1 is 1.30 bits per heavy atom. The third-order valence-electron chi connectivity index (χ3n) is 4.86. The fourth-order valence-electron chi connectivity index (χ4n) is 3.51. The summed E-state index contributed by atoms with van der Waals surface area (Å²) in [5.41, 5.74) is 3.91. The molecule has 4 heteroatoms. The zero-order chi connectivity index (χ0) is 14.3. The van der Waals surface area contributed by atoms with Crippen LogP contribution in [0.15, 0.2) is 18.2 Å². The molecule has 0 atom stereocenters. The summed E-state index contributed by atoms with van der Waals surface area (Å²) in [6.45, 7) is 3.11. The number of imidazole rings is 1. The van der Waals surface area contributed by atoms with Crippen LogP contribution in [-0.2, 0) is 6.54 Å². The summed E-state index contributed by atoms with van der Waals surface area (Å²) < 4.78 is 3.13. The Morgan fingerprint density at radius 3 is 2.65 bits per heavy atom. The molecule has 0 aliphatic heterocycles. The molecule has 108 valence electrons. The SMILES string of the molecule is Cc1ccc2c(c1)[nH]c(=S)n2CC1(N(C)C)CCCC1. The number of benzene rings is 1. The molecule has 2 aromatic rings. The maximum Gasteiger partial charge on any atom is 0.178 e. The minimum atomic E-state index is 0.262. The highest BCUT2D eigenvalue weighted by Crippen LogP contribution is 2.36. The van der Waals surface area contributed by atoms with Crippen LogP contribution < -0.4 is 0 Å². The normalized spacial score (nSPS) is 18.2. The summed E-state index contributed by atoms with van der Waals surface area (Å²) in [7, 11) is 4.40. The van der Waals surface area contributed by atoms with Gasteiger partial charge in [-0.25, -0.2) is 0 Å². The number of hydrogen-bond acceptors (Lipinski definition) is 2. The quantitative estimate of drug-likeness (QED) is 0.867. The van der Waals surface area contributed by atoms with Gasteiger partial charge >= 0.3 is 0 Å². The van der Waals surface area contributed by atoms with Crippen molar-refractivity contribution < 1.29 is 0 Å². The fourth-order valence-corrected chi connectivity index (χ4v) is 3.78. The van der Waals surface area contributed by atoms with Gasteiger partial charge in [-0.15, -0.1) is 0 Å². The number of aromatic nitrogens is 2. The first-order valence-electron chi connectivity index (χ1n) is 7.38. The Balaban J connectivity index is 2.06. The van der Waals surface area contributed by atoms with E-state index in [1.54, 1.807) is 0 Å². The molecule has 0 unspecified atom stereocenters. The van der Waals surface area contributed by atoms with Crippen molar-refractivity contribution in [3.63, 3.8) is 0 Å². The molecule has 1 heterocycles. The molecule has 1 aromatic heterocycles. The molecule has 1 aliphatic carbocycles. The largest absolute Gasteiger partial charge is 0.331 e. The first-order chi connectivity index (χ1) is 9.52. The van der Waals surface area contributed by atoms with E-state index in [2.05, 4.69) is 53.7 Å². The van der Waals surface area contributed by atoms with Crippen molar-refractivity contribution in [2.75, 3.05) is 14.1 Å². The zero-order valence-corrected chi connectivity index (χ0v) is 13.4. The second kappa shape index (κ2) is 5.01. The van der Waals surface area contributed by atoms with Gasteiger partial charge in [0.1, 0.15) is 0 Å². The van der Waals surface area contributed by atoms with Gasteiger partial charge in [-0.2, -0.15) is 0 Å².